The summed E-state index contributed by atoms with van der Waals surface area (Å²) in [5, 5.41) is 13.9. The highest BCUT2D eigenvalue weighted by molar-refractivity contribution is 7.13. The standard InChI is InChI=1S/C13H14N2O4S/c1-3-13(2,12(17)18)15-10(16)9-7-20-11(14-9)8-4-5-19-6-8/h4-7H,3H2,1-2H3,(H,15,16)(H,17,18). The topological polar surface area (TPSA) is 92.4 Å². The summed E-state index contributed by atoms with van der Waals surface area (Å²) in [5.74, 6) is -1.57. The number of aromatic nitrogens is 1. The maximum atomic E-state index is 12.1. The predicted molar refractivity (Wildman–Crippen MR) is 73.6 cm³/mol. The Morgan fingerprint density at radius 1 is 1.55 bits per heavy atom. The van der Waals surface area contributed by atoms with Crippen LogP contribution in [0.5, 0.6) is 0 Å². The summed E-state index contributed by atoms with van der Waals surface area (Å²) in [7, 11) is 0. The lowest BCUT2D eigenvalue weighted by atomic mass is 9.99. The minimum atomic E-state index is -1.30. The SMILES string of the molecule is CCC(C)(NC(=O)c1csc(-c2ccoc2)n1)C(=O)O. The summed E-state index contributed by atoms with van der Waals surface area (Å²) in [5.41, 5.74) is -0.311. The molecule has 2 N–H and O–H groups in total. The molecule has 0 radical (unpaired) electrons. The fourth-order valence-corrected chi connectivity index (χ4v) is 2.29. The van der Waals surface area contributed by atoms with Crippen LogP contribution < -0.4 is 5.32 Å². The van der Waals surface area contributed by atoms with Crippen LogP contribution in [0, 0.1) is 0 Å². The van der Waals surface area contributed by atoms with E-state index in [0.29, 0.717) is 5.01 Å². The van der Waals surface area contributed by atoms with E-state index in [-0.39, 0.29) is 12.1 Å². The van der Waals surface area contributed by atoms with Crippen LogP contribution in [-0.2, 0) is 4.79 Å². The van der Waals surface area contributed by atoms with Crippen molar-refractivity contribution in [2.45, 2.75) is 25.8 Å². The molecule has 20 heavy (non-hydrogen) atoms. The van der Waals surface area contributed by atoms with E-state index in [0.717, 1.165) is 5.56 Å². The van der Waals surface area contributed by atoms with Gasteiger partial charge in [-0.25, -0.2) is 9.78 Å². The number of carbonyl (C=O) groups excluding carboxylic acids is 1. The number of hydrogen-bond acceptors (Lipinski definition) is 5. The first-order valence-corrected chi connectivity index (χ1v) is 6.88. The number of nitrogens with one attached hydrogen (secondary N) is 1. The average Bonchev–Trinajstić information content (AvgIpc) is 3.08. The molecule has 0 aliphatic rings. The molecule has 1 atom stereocenters. The minimum Gasteiger partial charge on any atom is -0.480 e. The monoisotopic (exact) mass is 294 g/mol. The lowest BCUT2D eigenvalue weighted by Crippen LogP contribution is -2.51. The molecule has 0 spiro atoms. The number of amides is 1. The lowest BCUT2D eigenvalue weighted by molar-refractivity contribution is -0.143. The Bertz CT molecular complexity index is 620. The van der Waals surface area contributed by atoms with Gasteiger partial charge in [0.15, 0.2) is 0 Å². The quantitative estimate of drug-likeness (QED) is 0.883. The molecule has 1 unspecified atom stereocenters. The molecule has 2 aromatic rings. The Balaban J connectivity index is 2.16. The van der Waals surface area contributed by atoms with E-state index < -0.39 is 17.4 Å². The molecule has 0 aliphatic carbocycles. The number of thiazole rings is 1. The highest BCUT2D eigenvalue weighted by Crippen LogP contribution is 2.24. The first-order chi connectivity index (χ1) is 9.46. The number of aliphatic carboxylic acids is 1. The van der Waals surface area contributed by atoms with Gasteiger partial charge in [0.1, 0.15) is 22.5 Å². The van der Waals surface area contributed by atoms with Crippen molar-refractivity contribution < 1.29 is 19.1 Å². The van der Waals surface area contributed by atoms with Crippen LogP contribution in [0.2, 0.25) is 0 Å². The Hall–Kier alpha value is -2.15. The van der Waals surface area contributed by atoms with Crippen molar-refractivity contribution in [3.63, 3.8) is 0 Å². The van der Waals surface area contributed by atoms with Crippen molar-refractivity contribution in [2.75, 3.05) is 0 Å². The van der Waals surface area contributed by atoms with Gasteiger partial charge in [0, 0.05) is 10.9 Å². The van der Waals surface area contributed by atoms with Crippen LogP contribution >= 0.6 is 11.3 Å². The van der Waals surface area contributed by atoms with E-state index >= 15 is 0 Å². The molecule has 0 saturated heterocycles. The van der Waals surface area contributed by atoms with Gasteiger partial charge < -0.3 is 14.8 Å². The van der Waals surface area contributed by atoms with Gasteiger partial charge in [0.25, 0.3) is 5.91 Å². The van der Waals surface area contributed by atoms with E-state index in [2.05, 4.69) is 10.3 Å². The van der Waals surface area contributed by atoms with Crippen LogP contribution in [0.3, 0.4) is 0 Å². The molecule has 6 nitrogen and oxygen atoms in total. The van der Waals surface area contributed by atoms with Gasteiger partial charge in [-0.3, -0.25) is 4.79 Å². The molecule has 2 aromatic heterocycles. The van der Waals surface area contributed by atoms with Crippen molar-refractivity contribution in [3.05, 3.63) is 29.7 Å². The summed E-state index contributed by atoms with van der Waals surface area (Å²) >= 11 is 1.30. The maximum absolute atomic E-state index is 12.1. The molecule has 7 heteroatoms. The second-order valence-electron chi connectivity index (χ2n) is 4.49. The van der Waals surface area contributed by atoms with Gasteiger partial charge >= 0.3 is 5.97 Å². The van der Waals surface area contributed by atoms with Gasteiger partial charge in [0.2, 0.25) is 0 Å². The van der Waals surface area contributed by atoms with Crippen molar-refractivity contribution in [3.8, 4) is 10.6 Å². The molecule has 0 aliphatic heterocycles. The smallest absolute Gasteiger partial charge is 0.329 e. The van der Waals surface area contributed by atoms with Crippen LogP contribution in [0.1, 0.15) is 30.8 Å². The van der Waals surface area contributed by atoms with Crippen LogP contribution in [0.25, 0.3) is 10.6 Å². The zero-order chi connectivity index (χ0) is 14.8. The molecular formula is C13H14N2O4S. The fourth-order valence-electron chi connectivity index (χ4n) is 1.50. The molecule has 2 heterocycles. The third kappa shape index (κ3) is 2.72. The van der Waals surface area contributed by atoms with E-state index in [1.807, 2.05) is 0 Å². The molecule has 0 saturated carbocycles. The van der Waals surface area contributed by atoms with Gasteiger partial charge in [-0.2, -0.15) is 0 Å². The third-order valence-corrected chi connectivity index (χ3v) is 3.96. The first kappa shape index (κ1) is 14.3. The maximum Gasteiger partial charge on any atom is 0.329 e. The number of furan rings is 1. The van der Waals surface area contributed by atoms with Crippen molar-refractivity contribution in [1.82, 2.24) is 10.3 Å². The number of carbonyl (C=O) groups is 2. The summed E-state index contributed by atoms with van der Waals surface area (Å²) in [6.07, 6.45) is 3.34. The van der Waals surface area contributed by atoms with Gasteiger partial charge in [-0.1, -0.05) is 6.92 Å². The summed E-state index contributed by atoms with van der Waals surface area (Å²) in [6, 6.07) is 1.74. The second kappa shape index (κ2) is 5.46. The van der Waals surface area contributed by atoms with E-state index in [9.17, 15) is 9.59 Å². The number of rotatable bonds is 5. The number of hydrogen-bond donors (Lipinski definition) is 2. The Morgan fingerprint density at radius 2 is 2.30 bits per heavy atom. The Kier molecular flexibility index (Phi) is 3.89. The van der Waals surface area contributed by atoms with Crippen LogP contribution in [-0.4, -0.2) is 27.5 Å². The molecular weight excluding hydrogens is 280 g/mol. The second-order valence-corrected chi connectivity index (χ2v) is 5.35. The largest absolute Gasteiger partial charge is 0.480 e. The highest BCUT2D eigenvalue weighted by Gasteiger charge is 2.33. The number of carboxylic acids is 1. The highest BCUT2D eigenvalue weighted by atomic mass is 32.1. The molecule has 0 bridgehead atoms. The zero-order valence-corrected chi connectivity index (χ0v) is 11.9. The minimum absolute atomic E-state index is 0.201. The first-order valence-electron chi connectivity index (χ1n) is 6.00. The summed E-state index contributed by atoms with van der Waals surface area (Å²) in [6.45, 7) is 3.17. The van der Waals surface area contributed by atoms with Crippen LogP contribution in [0.15, 0.2) is 28.4 Å². The predicted octanol–water partition coefficient (Wildman–Crippen LogP) is 2.39. The van der Waals surface area contributed by atoms with Gasteiger partial charge in [-0.05, 0) is 19.4 Å². The summed E-state index contributed by atoms with van der Waals surface area (Å²) in [4.78, 5) is 27.4. The molecule has 2 rings (SSSR count). The Labute approximate surface area is 119 Å². The molecule has 0 aromatic carbocycles. The van der Waals surface area contributed by atoms with E-state index in [1.165, 1.54) is 30.8 Å². The molecule has 1 amide bonds. The number of nitrogens with zero attached hydrogens (tertiary/aromatic N) is 1. The van der Waals surface area contributed by atoms with Crippen molar-refractivity contribution in [1.29, 1.82) is 0 Å². The fraction of sp³-hybridized carbons (Fsp3) is 0.308. The van der Waals surface area contributed by atoms with Crippen molar-refractivity contribution in [2.24, 2.45) is 0 Å². The van der Waals surface area contributed by atoms with Crippen LogP contribution in [0.4, 0.5) is 0 Å². The molecule has 0 fully saturated rings. The van der Waals surface area contributed by atoms with E-state index in [4.69, 9.17) is 9.52 Å². The van der Waals surface area contributed by atoms with Gasteiger partial charge in [0.05, 0.1) is 6.26 Å². The Morgan fingerprint density at radius 3 is 2.85 bits per heavy atom. The molecule has 106 valence electrons. The normalized spacial score (nSPS) is 13.7. The van der Waals surface area contributed by atoms with Gasteiger partial charge in [-0.15, -0.1) is 11.3 Å². The third-order valence-electron chi connectivity index (χ3n) is 3.07. The zero-order valence-electron chi connectivity index (χ0n) is 11.0. The van der Waals surface area contributed by atoms with E-state index in [1.54, 1.807) is 18.4 Å². The average molecular weight is 294 g/mol. The van der Waals surface area contributed by atoms with Crippen molar-refractivity contribution >= 4 is 23.2 Å². The summed E-state index contributed by atoms with van der Waals surface area (Å²) < 4.78 is 4.96. The number of carboxylic acid groups (broad SMARTS) is 1. The lowest BCUT2D eigenvalue weighted by Gasteiger charge is -2.23.